The summed E-state index contributed by atoms with van der Waals surface area (Å²) in [7, 11) is 2.20. The Morgan fingerprint density at radius 3 is 2.89 bits per heavy atom. The van der Waals surface area contributed by atoms with Crippen molar-refractivity contribution >= 4 is 0 Å². The summed E-state index contributed by atoms with van der Waals surface area (Å²) in [4.78, 5) is 24.8. The van der Waals surface area contributed by atoms with E-state index >= 15 is 0 Å². The van der Waals surface area contributed by atoms with Gasteiger partial charge in [-0.15, -0.1) is 0 Å². The van der Waals surface area contributed by atoms with E-state index in [1.54, 1.807) is 6.07 Å². The standard InChI is InChI=1S/C22H32N4O/c1-4-5-10-19-14-21(27)24-22(23-19)20-11-7-6-9-18(20)16-26-13-8-12-25(3)15-17(26)2/h6-7,9,11,14,17H,4-5,8,10,12-13,15-16H2,1-3H3,(H,23,24,27). The highest BCUT2D eigenvalue weighted by molar-refractivity contribution is 5.60. The van der Waals surface area contributed by atoms with Gasteiger partial charge in [0.25, 0.3) is 5.56 Å². The minimum atomic E-state index is -0.0642. The van der Waals surface area contributed by atoms with Gasteiger partial charge in [-0.05, 0) is 45.3 Å². The van der Waals surface area contributed by atoms with Crippen molar-refractivity contribution in [2.45, 2.75) is 52.1 Å². The number of nitrogens with zero attached hydrogens (tertiary/aromatic N) is 3. The lowest BCUT2D eigenvalue weighted by atomic mass is 10.0. The van der Waals surface area contributed by atoms with E-state index in [9.17, 15) is 4.79 Å². The van der Waals surface area contributed by atoms with E-state index in [1.165, 1.54) is 12.0 Å². The van der Waals surface area contributed by atoms with Crippen LogP contribution in [-0.4, -0.2) is 52.5 Å². The van der Waals surface area contributed by atoms with Gasteiger partial charge in [0, 0.05) is 43.0 Å². The van der Waals surface area contributed by atoms with Crippen LogP contribution in [0.5, 0.6) is 0 Å². The van der Waals surface area contributed by atoms with Gasteiger partial charge < -0.3 is 9.88 Å². The average molecular weight is 369 g/mol. The molecule has 2 aromatic rings. The van der Waals surface area contributed by atoms with E-state index in [2.05, 4.69) is 53.9 Å². The van der Waals surface area contributed by atoms with Crippen LogP contribution in [0, 0.1) is 0 Å². The molecule has 0 saturated carbocycles. The summed E-state index contributed by atoms with van der Waals surface area (Å²) < 4.78 is 0. The molecule has 0 radical (unpaired) electrons. The zero-order chi connectivity index (χ0) is 19.2. The van der Waals surface area contributed by atoms with Crippen molar-refractivity contribution in [3.63, 3.8) is 0 Å². The normalized spacial score (nSPS) is 19.1. The van der Waals surface area contributed by atoms with Gasteiger partial charge in [-0.25, -0.2) is 4.98 Å². The Hall–Kier alpha value is -1.98. The van der Waals surface area contributed by atoms with Crippen LogP contribution in [0.4, 0.5) is 0 Å². The summed E-state index contributed by atoms with van der Waals surface area (Å²) in [6.07, 6.45) is 4.19. The van der Waals surface area contributed by atoms with E-state index in [-0.39, 0.29) is 5.56 Å². The van der Waals surface area contributed by atoms with Crippen molar-refractivity contribution < 1.29 is 0 Å². The second-order valence-electron chi connectivity index (χ2n) is 7.78. The maximum Gasteiger partial charge on any atom is 0.251 e. The first-order chi connectivity index (χ1) is 13.1. The molecule has 1 fully saturated rings. The molecule has 27 heavy (non-hydrogen) atoms. The van der Waals surface area contributed by atoms with Crippen LogP contribution >= 0.6 is 0 Å². The summed E-state index contributed by atoms with van der Waals surface area (Å²) in [5.41, 5.74) is 3.09. The molecule has 0 aliphatic carbocycles. The summed E-state index contributed by atoms with van der Waals surface area (Å²) in [6.45, 7) is 8.67. The molecule has 146 valence electrons. The third-order valence-corrected chi connectivity index (χ3v) is 5.41. The fourth-order valence-corrected chi connectivity index (χ4v) is 3.89. The molecule has 5 heteroatoms. The quantitative estimate of drug-likeness (QED) is 0.850. The van der Waals surface area contributed by atoms with Gasteiger partial charge in [0.05, 0.1) is 0 Å². The van der Waals surface area contributed by atoms with Crippen LogP contribution in [-0.2, 0) is 13.0 Å². The molecule has 1 atom stereocenters. The Labute approximate surface area is 162 Å². The van der Waals surface area contributed by atoms with Crippen molar-refractivity contribution in [3.8, 4) is 11.4 Å². The van der Waals surface area contributed by atoms with Crippen LogP contribution < -0.4 is 5.56 Å². The Morgan fingerprint density at radius 2 is 2.07 bits per heavy atom. The van der Waals surface area contributed by atoms with Gasteiger partial charge in [-0.2, -0.15) is 0 Å². The van der Waals surface area contributed by atoms with Gasteiger partial charge in [-0.1, -0.05) is 37.6 Å². The molecule has 1 saturated heterocycles. The van der Waals surface area contributed by atoms with E-state index in [0.29, 0.717) is 11.9 Å². The number of likely N-dealkylation sites (N-methyl/N-ethyl adjacent to an activating group) is 1. The fraction of sp³-hybridized carbons (Fsp3) is 0.545. The Balaban J connectivity index is 1.88. The molecular formula is C22H32N4O. The first-order valence-corrected chi connectivity index (χ1v) is 10.2. The first kappa shape index (κ1) is 19.8. The van der Waals surface area contributed by atoms with Gasteiger partial charge in [0.1, 0.15) is 5.82 Å². The average Bonchev–Trinajstić information content (AvgIpc) is 2.80. The van der Waals surface area contributed by atoms with Gasteiger partial charge in [-0.3, -0.25) is 9.69 Å². The largest absolute Gasteiger partial charge is 0.307 e. The Kier molecular flexibility index (Phi) is 6.80. The summed E-state index contributed by atoms with van der Waals surface area (Å²) in [5.74, 6) is 0.698. The molecule has 1 N–H and O–H groups in total. The minimum absolute atomic E-state index is 0.0642. The predicted octanol–water partition coefficient (Wildman–Crippen LogP) is 3.31. The van der Waals surface area contributed by atoms with E-state index < -0.39 is 0 Å². The molecule has 1 aliphatic heterocycles. The topological polar surface area (TPSA) is 52.2 Å². The number of aryl methyl sites for hydroxylation is 1. The number of aromatic amines is 1. The van der Waals surface area contributed by atoms with Crippen LogP contribution in [0.3, 0.4) is 0 Å². The number of aromatic nitrogens is 2. The molecule has 3 rings (SSSR count). The lowest BCUT2D eigenvalue weighted by Gasteiger charge is -2.28. The van der Waals surface area contributed by atoms with Crippen LogP contribution in [0.15, 0.2) is 35.1 Å². The van der Waals surface area contributed by atoms with Gasteiger partial charge >= 0.3 is 0 Å². The maximum atomic E-state index is 12.2. The zero-order valence-corrected chi connectivity index (χ0v) is 16.9. The molecule has 1 aromatic heterocycles. The van der Waals surface area contributed by atoms with Crippen LogP contribution in [0.1, 0.15) is 44.4 Å². The SMILES string of the molecule is CCCCc1cc(=O)[nH]c(-c2ccccc2CN2CCCN(C)CC2C)n1. The van der Waals surface area contributed by atoms with Crippen molar-refractivity contribution in [2.24, 2.45) is 0 Å². The number of unbranched alkanes of at least 4 members (excludes halogenated alkanes) is 1. The monoisotopic (exact) mass is 368 g/mol. The fourth-order valence-electron chi connectivity index (χ4n) is 3.89. The molecule has 1 unspecified atom stereocenters. The molecule has 1 aromatic carbocycles. The van der Waals surface area contributed by atoms with Crippen molar-refractivity contribution in [1.82, 2.24) is 19.8 Å². The highest BCUT2D eigenvalue weighted by atomic mass is 16.1. The van der Waals surface area contributed by atoms with E-state index in [4.69, 9.17) is 4.98 Å². The third-order valence-electron chi connectivity index (χ3n) is 5.41. The molecule has 1 aliphatic rings. The van der Waals surface area contributed by atoms with Crippen molar-refractivity contribution in [1.29, 1.82) is 0 Å². The zero-order valence-electron chi connectivity index (χ0n) is 16.9. The Morgan fingerprint density at radius 1 is 1.26 bits per heavy atom. The van der Waals surface area contributed by atoms with Crippen molar-refractivity contribution in [2.75, 3.05) is 26.7 Å². The van der Waals surface area contributed by atoms with Crippen LogP contribution in [0.2, 0.25) is 0 Å². The number of rotatable bonds is 6. The molecule has 0 spiro atoms. The molecule has 0 amide bonds. The third kappa shape index (κ3) is 5.27. The first-order valence-electron chi connectivity index (χ1n) is 10.2. The second-order valence-corrected chi connectivity index (χ2v) is 7.78. The number of hydrogen-bond donors (Lipinski definition) is 1. The molecule has 0 bridgehead atoms. The number of benzene rings is 1. The summed E-state index contributed by atoms with van der Waals surface area (Å²) in [6, 6.07) is 10.5. The highest BCUT2D eigenvalue weighted by Gasteiger charge is 2.21. The molecule has 2 heterocycles. The second kappa shape index (κ2) is 9.29. The Bertz CT molecular complexity index is 801. The smallest absolute Gasteiger partial charge is 0.251 e. The lowest BCUT2D eigenvalue weighted by molar-refractivity contribution is 0.195. The van der Waals surface area contributed by atoms with Gasteiger partial charge in [0.2, 0.25) is 0 Å². The lowest BCUT2D eigenvalue weighted by Crippen LogP contribution is -2.37. The number of H-pyrrole nitrogens is 1. The van der Waals surface area contributed by atoms with Gasteiger partial charge in [0.15, 0.2) is 0 Å². The molecular weight excluding hydrogens is 336 g/mol. The number of nitrogens with one attached hydrogen (secondary N) is 1. The molecule has 5 nitrogen and oxygen atoms in total. The minimum Gasteiger partial charge on any atom is -0.307 e. The van der Waals surface area contributed by atoms with Crippen LogP contribution in [0.25, 0.3) is 11.4 Å². The van der Waals surface area contributed by atoms with E-state index in [1.807, 2.05) is 6.07 Å². The maximum absolute atomic E-state index is 12.2. The van der Waals surface area contributed by atoms with Crippen molar-refractivity contribution in [3.05, 3.63) is 51.9 Å². The summed E-state index contributed by atoms with van der Waals surface area (Å²) >= 11 is 0. The van der Waals surface area contributed by atoms with E-state index in [0.717, 1.165) is 56.7 Å². The highest BCUT2D eigenvalue weighted by Crippen LogP contribution is 2.23. The number of hydrogen-bond acceptors (Lipinski definition) is 4. The summed E-state index contributed by atoms with van der Waals surface area (Å²) in [5, 5.41) is 0. The predicted molar refractivity (Wildman–Crippen MR) is 111 cm³/mol.